The van der Waals surface area contributed by atoms with Crippen molar-refractivity contribution in [1.82, 2.24) is 10.2 Å². The zero-order chi connectivity index (χ0) is 6.97. The van der Waals surface area contributed by atoms with Crippen molar-refractivity contribution in [2.75, 3.05) is 6.54 Å². The average Bonchev–Trinajstić information content (AvgIpc) is 2.34. The minimum atomic E-state index is 0.633. The van der Waals surface area contributed by atoms with Crippen molar-refractivity contribution in [3.05, 3.63) is 11.9 Å². The third-order valence-electron chi connectivity index (χ3n) is 2.44. The standard InChI is InChI=1S/C8H14N2/c1-7-6-9-8-4-2-3-5-10(7)8/h6,8-9H,2-5H2,1H3. The lowest BCUT2D eigenvalue weighted by atomic mass is 10.1. The van der Waals surface area contributed by atoms with Crippen molar-refractivity contribution in [2.45, 2.75) is 32.4 Å². The number of rotatable bonds is 0. The fourth-order valence-electron chi connectivity index (χ4n) is 1.83. The van der Waals surface area contributed by atoms with Crippen molar-refractivity contribution in [1.29, 1.82) is 0 Å². The fraction of sp³-hybridized carbons (Fsp3) is 0.750. The molecule has 0 aliphatic carbocycles. The van der Waals surface area contributed by atoms with E-state index in [1.165, 1.54) is 31.5 Å². The molecule has 0 bridgehead atoms. The summed E-state index contributed by atoms with van der Waals surface area (Å²) in [7, 11) is 0. The van der Waals surface area contributed by atoms with Crippen LogP contribution < -0.4 is 5.32 Å². The van der Waals surface area contributed by atoms with Gasteiger partial charge in [0.05, 0.1) is 6.17 Å². The minimum Gasteiger partial charge on any atom is -0.370 e. The Morgan fingerprint density at radius 1 is 1.60 bits per heavy atom. The molecule has 2 heteroatoms. The van der Waals surface area contributed by atoms with Gasteiger partial charge < -0.3 is 10.2 Å². The van der Waals surface area contributed by atoms with Gasteiger partial charge in [0, 0.05) is 18.4 Å². The summed E-state index contributed by atoms with van der Waals surface area (Å²) in [5.41, 5.74) is 1.41. The first-order chi connectivity index (χ1) is 4.88. The third-order valence-corrected chi connectivity index (χ3v) is 2.44. The van der Waals surface area contributed by atoms with E-state index in [1.54, 1.807) is 0 Å². The number of fused-ring (bicyclic) bond motifs is 1. The highest BCUT2D eigenvalue weighted by Crippen LogP contribution is 2.22. The van der Waals surface area contributed by atoms with E-state index in [1.807, 2.05) is 0 Å². The second-order valence-corrected chi connectivity index (χ2v) is 3.16. The van der Waals surface area contributed by atoms with Gasteiger partial charge in [-0.05, 0) is 26.2 Å². The molecule has 1 fully saturated rings. The second kappa shape index (κ2) is 2.19. The Morgan fingerprint density at radius 3 is 3.30 bits per heavy atom. The van der Waals surface area contributed by atoms with E-state index >= 15 is 0 Å². The van der Waals surface area contributed by atoms with Crippen LogP contribution in [0.25, 0.3) is 0 Å². The summed E-state index contributed by atoms with van der Waals surface area (Å²) >= 11 is 0. The monoisotopic (exact) mass is 138 g/mol. The maximum atomic E-state index is 3.37. The van der Waals surface area contributed by atoms with E-state index in [4.69, 9.17) is 0 Å². The van der Waals surface area contributed by atoms with Gasteiger partial charge in [-0.2, -0.15) is 0 Å². The number of piperidine rings is 1. The van der Waals surface area contributed by atoms with Crippen LogP contribution in [0.4, 0.5) is 0 Å². The zero-order valence-electron chi connectivity index (χ0n) is 6.43. The summed E-state index contributed by atoms with van der Waals surface area (Å²) in [6.45, 7) is 3.43. The third kappa shape index (κ3) is 0.789. The molecule has 10 heavy (non-hydrogen) atoms. The Balaban J connectivity index is 2.08. The summed E-state index contributed by atoms with van der Waals surface area (Å²) in [5, 5.41) is 3.37. The Bertz CT molecular complexity index is 163. The molecule has 2 aliphatic heterocycles. The molecule has 0 aromatic carbocycles. The molecule has 56 valence electrons. The van der Waals surface area contributed by atoms with Crippen LogP contribution in [0.2, 0.25) is 0 Å². The topological polar surface area (TPSA) is 15.3 Å². The maximum absolute atomic E-state index is 3.37. The summed E-state index contributed by atoms with van der Waals surface area (Å²) in [6, 6.07) is 0. The summed E-state index contributed by atoms with van der Waals surface area (Å²) in [6.07, 6.45) is 6.83. The molecule has 1 unspecified atom stereocenters. The predicted molar refractivity (Wildman–Crippen MR) is 41.2 cm³/mol. The SMILES string of the molecule is CC1=CNC2CCCCN12. The number of nitrogens with one attached hydrogen (secondary N) is 1. The first kappa shape index (κ1) is 6.08. The van der Waals surface area contributed by atoms with E-state index in [2.05, 4.69) is 23.3 Å². The molecule has 1 atom stereocenters. The van der Waals surface area contributed by atoms with Crippen LogP contribution in [0.3, 0.4) is 0 Å². The first-order valence-electron chi connectivity index (χ1n) is 4.07. The fourth-order valence-corrected chi connectivity index (χ4v) is 1.83. The van der Waals surface area contributed by atoms with Crippen molar-refractivity contribution >= 4 is 0 Å². The molecule has 2 aliphatic rings. The summed E-state index contributed by atoms with van der Waals surface area (Å²) in [5.74, 6) is 0. The highest BCUT2D eigenvalue weighted by molar-refractivity contribution is 5.06. The van der Waals surface area contributed by atoms with Crippen LogP contribution in [0, 0.1) is 0 Å². The lowest BCUT2D eigenvalue weighted by Gasteiger charge is -2.32. The van der Waals surface area contributed by atoms with Crippen LogP contribution in [0.1, 0.15) is 26.2 Å². The quantitative estimate of drug-likeness (QED) is 0.542. The van der Waals surface area contributed by atoms with Crippen LogP contribution >= 0.6 is 0 Å². The molecular formula is C8H14N2. The van der Waals surface area contributed by atoms with Gasteiger partial charge in [0.15, 0.2) is 0 Å². The van der Waals surface area contributed by atoms with Gasteiger partial charge in [-0.15, -0.1) is 0 Å². The summed E-state index contributed by atoms with van der Waals surface area (Å²) < 4.78 is 0. The minimum absolute atomic E-state index is 0.633. The van der Waals surface area contributed by atoms with Gasteiger partial charge in [0.2, 0.25) is 0 Å². The number of allylic oxidation sites excluding steroid dienone is 1. The van der Waals surface area contributed by atoms with Gasteiger partial charge in [-0.1, -0.05) is 0 Å². The van der Waals surface area contributed by atoms with E-state index < -0.39 is 0 Å². The Morgan fingerprint density at radius 2 is 2.50 bits per heavy atom. The zero-order valence-corrected chi connectivity index (χ0v) is 6.43. The Hall–Kier alpha value is -0.660. The van der Waals surface area contributed by atoms with E-state index in [0.29, 0.717) is 6.17 Å². The van der Waals surface area contributed by atoms with E-state index in [-0.39, 0.29) is 0 Å². The Kier molecular flexibility index (Phi) is 1.33. The molecule has 2 nitrogen and oxygen atoms in total. The molecule has 2 heterocycles. The summed E-state index contributed by atoms with van der Waals surface area (Å²) in [4.78, 5) is 2.46. The molecule has 1 saturated heterocycles. The van der Waals surface area contributed by atoms with Gasteiger partial charge in [0.25, 0.3) is 0 Å². The number of nitrogens with zero attached hydrogens (tertiary/aromatic N) is 1. The highest BCUT2D eigenvalue weighted by atomic mass is 15.3. The molecule has 0 aromatic heterocycles. The smallest absolute Gasteiger partial charge is 0.0983 e. The van der Waals surface area contributed by atoms with Crippen LogP contribution in [0.15, 0.2) is 11.9 Å². The predicted octanol–water partition coefficient (Wildman–Crippen LogP) is 1.26. The van der Waals surface area contributed by atoms with Crippen molar-refractivity contribution in [2.24, 2.45) is 0 Å². The molecule has 1 N–H and O–H groups in total. The van der Waals surface area contributed by atoms with Crippen LogP contribution in [0.5, 0.6) is 0 Å². The number of hydrogen-bond acceptors (Lipinski definition) is 2. The van der Waals surface area contributed by atoms with Crippen LogP contribution in [-0.2, 0) is 0 Å². The number of hydrogen-bond donors (Lipinski definition) is 1. The lowest BCUT2D eigenvalue weighted by Crippen LogP contribution is -2.40. The molecule has 0 amide bonds. The Labute approximate surface area is 61.9 Å². The van der Waals surface area contributed by atoms with Crippen LogP contribution in [-0.4, -0.2) is 17.6 Å². The molecule has 2 rings (SSSR count). The largest absolute Gasteiger partial charge is 0.370 e. The molecular weight excluding hydrogens is 124 g/mol. The maximum Gasteiger partial charge on any atom is 0.0983 e. The van der Waals surface area contributed by atoms with E-state index in [9.17, 15) is 0 Å². The molecule has 0 spiro atoms. The van der Waals surface area contributed by atoms with Gasteiger partial charge >= 0.3 is 0 Å². The van der Waals surface area contributed by atoms with Gasteiger partial charge in [-0.25, -0.2) is 0 Å². The lowest BCUT2D eigenvalue weighted by molar-refractivity contribution is 0.200. The molecule has 0 saturated carbocycles. The molecule has 0 aromatic rings. The van der Waals surface area contributed by atoms with Crippen molar-refractivity contribution < 1.29 is 0 Å². The molecule has 0 radical (unpaired) electrons. The first-order valence-corrected chi connectivity index (χ1v) is 4.07. The second-order valence-electron chi connectivity index (χ2n) is 3.16. The van der Waals surface area contributed by atoms with E-state index in [0.717, 1.165) is 0 Å². The van der Waals surface area contributed by atoms with Crippen molar-refractivity contribution in [3.8, 4) is 0 Å². The van der Waals surface area contributed by atoms with Gasteiger partial charge in [0.1, 0.15) is 0 Å². The average molecular weight is 138 g/mol. The van der Waals surface area contributed by atoms with Crippen molar-refractivity contribution in [3.63, 3.8) is 0 Å². The normalized spacial score (nSPS) is 31.1. The highest BCUT2D eigenvalue weighted by Gasteiger charge is 2.24. The van der Waals surface area contributed by atoms with Gasteiger partial charge in [-0.3, -0.25) is 0 Å².